The van der Waals surface area contributed by atoms with Crippen molar-refractivity contribution in [1.82, 2.24) is 5.32 Å². The van der Waals surface area contributed by atoms with Crippen molar-refractivity contribution in [3.8, 4) is 11.5 Å². The Kier molecular flexibility index (Phi) is 6.94. The molecule has 0 radical (unpaired) electrons. The fourth-order valence-electron chi connectivity index (χ4n) is 2.08. The molecule has 1 unspecified atom stereocenters. The smallest absolute Gasteiger partial charge is 0.260 e. The lowest BCUT2D eigenvalue weighted by Gasteiger charge is -2.15. The Morgan fingerprint density at radius 1 is 1.08 bits per heavy atom. The molecule has 1 amide bonds. The molecule has 0 fully saturated rings. The lowest BCUT2D eigenvalue weighted by Crippen LogP contribution is -2.38. The second kappa shape index (κ2) is 9.18. The van der Waals surface area contributed by atoms with Crippen LogP contribution < -0.4 is 14.8 Å². The van der Waals surface area contributed by atoms with Gasteiger partial charge in [0, 0.05) is 5.02 Å². The number of benzene rings is 2. The van der Waals surface area contributed by atoms with Crippen molar-refractivity contribution < 1.29 is 14.3 Å². The quantitative estimate of drug-likeness (QED) is 0.737. The predicted octanol–water partition coefficient (Wildman–Crippen LogP) is 3.86. The minimum Gasteiger partial charge on any atom is -0.492 e. The Hall–Kier alpha value is -2.20. The van der Waals surface area contributed by atoms with E-state index in [2.05, 4.69) is 12.2 Å². The molecule has 24 heavy (non-hydrogen) atoms. The third kappa shape index (κ3) is 5.78. The van der Waals surface area contributed by atoms with Crippen LogP contribution in [0.2, 0.25) is 5.02 Å². The normalized spacial score (nSPS) is 11.6. The zero-order chi connectivity index (χ0) is 17.4. The van der Waals surface area contributed by atoms with Gasteiger partial charge in [0.25, 0.3) is 5.91 Å². The average molecular weight is 348 g/mol. The Balaban J connectivity index is 1.69. The molecule has 1 atom stereocenters. The standard InChI is InChI=1S/C19H22ClNO3/c1-3-15-4-8-17(9-5-15)23-13-12-21-19(22)14(2)24-18-10-6-16(20)7-11-18/h4-11,14H,3,12-13H2,1-2H3,(H,21,22). The van der Waals surface area contributed by atoms with E-state index in [0.717, 1.165) is 12.2 Å². The van der Waals surface area contributed by atoms with Crippen molar-refractivity contribution in [1.29, 1.82) is 0 Å². The van der Waals surface area contributed by atoms with Crippen LogP contribution >= 0.6 is 11.6 Å². The highest BCUT2D eigenvalue weighted by molar-refractivity contribution is 6.30. The first-order chi connectivity index (χ1) is 11.6. The van der Waals surface area contributed by atoms with Crippen LogP contribution in [0.5, 0.6) is 11.5 Å². The predicted molar refractivity (Wildman–Crippen MR) is 95.9 cm³/mol. The van der Waals surface area contributed by atoms with E-state index in [0.29, 0.717) is 23.9 Å². The van der Waals surface area contributed by atoms with Crippen LogP contribution in [0.25, 0.3) is 0 Å². The van der Waals surface area contributed by atoms with Crippen LogP contribution in [0.4, 0.5) is 0 Å². The van der Waals surface area contributed by atoms with Gasteiger partial charge < -0.3 is 14.8 Å². The summed E-state index contributed by atoms with van der Waals surface area (Å²) in [5.74, 6) is 1.22. The van der Waals surface area contributed by atoms with Gasteiger partial charge in [0.2, 0.25) is 0 Å². The number of nitrogens with one attached hydrogen (secondary N) is 1. The van der Waals surface area contributed by atoms with Gasteiger partial charge in [-0.25, -0.2) is 0 Å². The first-order valence-electron chi connectivity index (χ1n) is 8.00. The Morgan fingerprint density at radius 3 is 2.33 bits per heavy atom. The highest BCUT2D eigenvalue weighted by Gasteiger charge is 2.13. The SMILES string of the molecule is CCc1ccc(OCCNC(=O)C(C)Oc2ccc(Cl)cc2)cc1. The summed E-state index contributed by atoms with van der Waals surface area (Å²) in [6.45, 7) is 4.64. The molecular formula is C19H22ClNO3. The van der Waals surface area contributed by atoms with Gasteiger partial charge in [-0.15, -0.1) is 0 Å². The van der Waals surface area contributed by atoms with Crippen LogP contribution in [0.15, 0.2) is 48.5 Å². The Bertz CT molecular complexity index is 641. The summed E-state index contributed by atoms with van der Waals surface area (Å²) >= 11 is 5.81. The van der Waals surface area contributed by atoms with E-state index >= 15 is 0 Å². The molecule has 5 heteroatoms. The zero-order valence-electron chi connectivity index (χ0n) is 13.9. The fraction of sp³-hybridized carbons (Fsp3) is 0.316. The summed E-state index contributed by atoms with van der Waals surface area (Å²) in [6.07, 6.45) is 0.414. The minimum atomic E-state index is -0.588. The van der Waals surface area contributed by atoms with Crippen molar-refractivity contribution in [2.75, 3.05) is 13.2 Å². The summed E-state index contributed by atoms with van der Waals surface area (Å²) in [5.41, 5.74) is 1.27. The zero-order valence-corrected chi connectivity index (χ0v) is 14.7. The molecule has 0 spiro atoms. The van der Waals surface area contributed by atoms with Crippen LogP contribution in [0.1, 0.15) is 19.4 Å². The molecule has 1 N–H and O–H groups in total. The molecule has 0 saturated carbocycles. The van der Waals surface area contributed by atoms with Crippen LogP contribution in [-0.2, 0) is 11.2 Å². The minimum absolute atomic E-state index is 0.185. The van der Waals surface area contributed by atoms with Gasteiger partial charge >= 0.3 is 0 Å². The third-order valence-electron chi connectivity index (χ3n) is 3.50. The van der Waals surface area contributed by atoms with Gasteiger partial charge in [-0.1, -0.05) is 30.7 Å². The van der Waals surface area contributed by atoms with E-state index in [1.54, 1.807) is 31.2 Å². The van der Waals surface area contributed by atoms with Crippen molar-refractivity contribution >= 4 is 17.5 Å². The van der Waals surface area contributed by atoms with Crippen LogP contribution in [0, 0.1) is 0 Å². The lowest BCUT2D eigenvalue weighted by molar-refractivity contribution is -0.127. The first kappa shape index (κ1) is 18.1. The van der Waals surface area contributed by atoms with E-state index in [4.69, 9.17) is 21.1 Å². The largest absolute Gasteiger partial charge is 0.492 e. The van der Waals surface area contributed by atoms with E-state index in [9.17, 15) is 4.79 Å². The molecule has 0 aliphatic heterocycles. The molecule has 0 saturated heterocycles. The number of rotatable bonds is 8. The number of hydrogen-bond acceptors (Lipinski definition) is 3. The number of ether oxygens (including phenoxy) is 2. The molecule has 2 aromatic carbocycles. The average Bonchev–Trinajstić information content (AvgIpc) is 2.61. The molecule has 4 nitrogen and oxygen atoms in total. The monoisotopic (exact) mass is 347 g/mol. The summed E-state index contributed by atoms with van der Waals surface area (Å²) < 4.78 is 11.2. The van der Waals surface area contributed by atoms with E-state index in [1.807, 2.05) is 24.3 Å². The van der Waals surface area contributed by atoms with E-state index in [1.165, 1.54) is 5.56 Å². The molecule has 0 heterocycles. The van der Waals surface area contributed by atoms with Crippen molar-refractivity contribution in [2.24, 2.45) is 0 Å². The second-order valence-corrected chi connectivity index (χ2v) is 5.79. The number of hydrogen-bond donors (Lipinski definition) is 1. The van der Waals surface area contributed by atoms with Gasteiger partial charge in [-0.3, -0.25) is 4.79 Å². The number of carbonyl (C=O) groups is 1. The van der Waals surface area contributed by atoms with Crippen molar-refractivity contribution in [3.63, 3.8) is 0 Å². The third-order valence-corrected chi connectivity index (χ3v) is 3.75. The van der Waals surface area contributed by atoms with Crippen molar-refractivity contribution in [3.05, 3.63) is 59.1 Å². The maximum absolute atomic E-state index is 12.0. The molecule has 2 aromatic rings. The molecule has 0 aromatic heterocycles. The fourth-order valence-corrected chi connectivity index (χ4v) is 2.21. The Morgan fingerprint density at radius 2 is 1.71 bits per heavy atom. The van der Waals surface area contributed by atoms with Gasteiger partial charge in [0.05, 0.1) is 6.54 Å². The maximum Gasteiger partial charge on any atom is 0.260 e. The molecule has 2 rings (SSSR count). The topological polar surface area (TPSA) is 47.6 Å². The van der Waals surface area contributed by atoms with E-state index < -0.39 is 6.10 Å². The van der Waals surface area contributed by atoms with Crippen LogP contribution in [-0.4, -0.2) is 25.2 Å². The summed E-state index contributed by atoms with van der Waals surface area (Å²) in [5, 5.41) is 3.42. The van der Waals surface area contributed by atoms with Crippen molar-refractivity contribution in [2.45, 2.75) is 26.4 Å². The molecule has 0 aliphatic carbocycles. The number of carbonyl (C=O) groups excluding carboxylic acids is 1. The van der Waals surface area contributed by atoms with Gasteiger partial charge in [0.1, 0.15) is 18.1 Å². The highest BCUT2D eigenvalue weighted by atomic mass is 35.5. The highest BCUT2D eigenvalue weighted by Crippen LogP contribution is 2.16. The lowest BCUT2D eigenvalue weighted by atomic mass is 10.2. The molecule has 128 valence electrons. The summed E-state index contributed by atoms with van der Waals surface area (Å²) in [6, 6.07) is 14.9. The van der Waals surface area contributed by atoms with Gasteiger partial charge in [-0.05, 0) is 55.3 Å². The number of halogens is 1. The Labute approximate surface area is 147 Å². The molecule has 0 aliphatic rings. The number of amides is 1. The molecular weight excluding hydrogens is 326 g/mol. The number of aryl methyl sites for hydroxylation is 1. The van der Waals surface area contributed by atoms with E-state index in [-0.39, 0.29) is 5.91 Å². The van der Waals surface area contributed by atoms with Crippen LogP contribution in [0.3, 0.4) is 0 Å². The van der Waals surface area contributed by atoms with Gasteiger partial charge in [0.15, 0.2) is 6.10 Å². The summed E-state index contributed by atoms with van der Waals surface area (Å²) in [7, 11) is 0. The summed E-state index contributed by atoms with van der Waals surface area (Å²) in [4.78, 5) is 12.0. The van der Waals surface area contributed by atoms with Gasteiger partial charge in [-0.2, -0.15) is 0 Å². The second-order valence-electron chi connectivity index (χ2n) is 5.35. The molecule has 0 bridgehead atoms. The first-order valence-corrected chi connectivity index (χ1v) is 8.38. The maximum atomic E-state index is 12.0.